The second-order valence-electron chi connectivity index (χ2n) is 3.31. The molecule has 0 heterocycles. The van der Waals surface area contributed by atoms with E-state index in [-0.39, 0.29) is 5.75 Å². The zero-order chi connectivity index (χ0) is 11.1. The molecule has 84 valence electrons. The first kappa shape index (κ1) is 12.2. The molecular formula is C11H16O3S. The molecule has 4 heteroatoms. The number of hydrogen-bond acceptors (Lipinski definition) is 2. The average Bonchev–Trinajstić information content (AvgIpc) is 2.20. The molecule has 1 rings (SSSR count). The number of benzene rings is 1. The maximum absolute atomic E-state index is 10.5. The van der Waals surface area contributed by atoms with E-state index >= 15 is 0 Å². The fourth-order valence-corrected chi connectivity index (χ4v) is 1.64. The standard InChI is InChI=1S/C11H16O3S/c1-2-3-8-14-11-6-4-10(5-7-11)9-15(12)13/h4-7H,2-3,8-9H2,1H3,(H,12,13). The van der Waals surface area contributed by atoms with Gasteiger partial charge in [-0.15, -0.1) is 0 Å². The van der Waals surface area contributed by atoms with Crippen LogP contribution in [0.4, 0.5) is 0 Å². The van der Waals surface area contributed by atoms with Gasteiger partial charge >= 0.3 is 0 Å². The van der Waals surface area contributed by atoms with Gasteiger partial charge in [0.2, 0.25) is 0 Å². The Balaban J connectivity index is 2.45. The first-order chi connectivity index (χ1) is 7.22. The molecule has 0 fully saturated rings. The van der Waals surface area contributed by atoms with Crippen molar-refractivity contribution in [1.29, 1.82) is 0 Å². The van der Waals surface area contributed by atoms with Crippen LogP contribution < -0.4 is 4.74 Å². The van der Waals surface area contributed by atoms with E-state index in [9.17, 15) is 4.21 Å². The zero-order valence-electron chi connectivity index (χ0n) is 8.81. The molecule has 15 heavy (non-hydrogen) atoms. The molecule has 0 aromatic heterocycles. The van der Waals surface area contributed by atoms with Crippen molar-refractivity contribution in [2.45, 2.75) is 25.5 Å². The van der Waals surface area contributed by atoms with Gasteiger partial charge in [0, 0.05) is 0 Å². The van der Waals surface area contributed by atoms with Crippen molar-refractivity contribution in [2.75, 3.05) is 6.61 Å². The molecule has 0 bridgehead atoms. The predicted octanol–water partition coefficient (Wildman–Crippen LogP) is 2.59. The van der Waals surface area contributed by atoms with Crippen LogP contribution in [0.25, 0.3) is 0 Å². The molecule has 1 atom stereocenters. The van der Waals surface area contributed by atoms with Crippen LogP contribution in [0, 0.1) is 0 Å². The van der Waals surface area contributed by atoms with E-state index in [2.05, 4.69) is 6.92 Å². The first-order valence-corrected chi connectivity index (χ1v) is 6.29. The van der Waals surface area contributed by atoms with Crippen molar-refractivity contribution in [1.82, 2.24) is 0 Å². The van der Waals surface area contributed by atoms with Crippen LogP contribution in [0.1, 0.15) is 25.3 Å². The second-order valence-corrected chi connectivity index (χ2v) is 4.24. The molecule has 1 N–H and O–H groups in total. The third-order valence-corrected chi connectivity index (χ3v) is 2.56. The molecule has 1 unspecified atom stereocenters. The highest BCUT2D eigenvalue weighted by molar-refractivity contribution is 7.78. The van der Waals surface area contributed by atoms with Crippen LogP contribution in [0.15, 0.2) is 24.3 Å². The predicted molar refractivity (Wildman–Crippen MR) is 61.3 cm³/mol. The highest BCUT2D eigenvalue weighted by atomic mass is 32.2. The maximum Gasteiger partial charge on any atom is 0.157 e. The lowest BCUT2D eigenvalue weighted by molar-refractivity contribution is 0.309. The van der Waals surface area contributed by atoms with Gasteiger partial charge in [0.05, 0.1) is 12.4 Å². The molecule has 3 nitrogen and oxygen atoms in total. The SMILES string of the molecule is CCCCOc1ccc(CS(=O)O)cc1. The number of hydrogen-bond donors (Lipinski definition) is 1. The lowest BCUT2D eigenvalue weighted by Gasteiger charge is -2.05. The smallest absolute Gasteiger partial charge is 0.157 e. The fraction of sp³-hybridized carbons (Fsp3) is 0.455. The van der Waals surface area contributed by atoms with Crippen molar-refractivity contribution < 1.29 is 13.5 Å². The van der Waals surface area contributed by atoms with Crippen molar-refractivity contribution in [3.05, 3.63) is 29.8 Å². The number of ether oxygens (including phenoxy) is 1. The molecule has 0 saturated carbocycles. The Morgan fingerprint density at radius 2 is 2.00 bits per heavy atom. The summed E-state index contributed by atoms with van der Waals surface area (Å²) in [4.78, 5) is 0. The van der Waals surface area contributed by atoms with Crippen molar-refractivity contribution >= 4 is 11.1 Å². The third-order valence-electron chi connectivity index (χ3n) is 1.98. The monoisotopic (exact) mass is 228 g/mol. The van der Waals surface area contributed by atoms with Gasteiger partial charge in [0.1, 0.15) is 5.75 Å². The van der Waals surface area contributed by atoms with Crippen molar-refractivity contribution in [3.63, 3.8) is 0 Å². The van der Waals surface area contributed by atoms with Crippen molar-refractivity contribution in [2.24, 2.45) is 0 Å². The largest absolute Gasteiger partial charge is 0.494 e. The Bertz CT molecular complexity index is 308. The van der Waals surface area contributed by atoms with E-state index in [0.717, 1.165) is 30.8 Å². The Hall–Kier alpha value is -0.870. The van der Waals surface area contributed by atoms with Gasteiger partial charge in [-0.25, -0.2) is 4.21 Å². The van der Waals surface area contributed by atoms with E-state index in [1.807, 2.05) is 24.3 Å². The fourth-order valence-electron chi connectivity index (χ4n) is 1.16. The number of unbranched alkanes of at least 4 members (excludes halogenated alkanes) is 1. The molecule has 0 amide bonds. The molecule has 1 aromatic rings. The van der Waals surface area contributed by atoms with Crippen LogP contribution in [-0.4, -0.2) is 15.4 Å². The Morgan fingerprint density at radius 3 is 2.53 bits per heavy atom. The summed E-state index contributed by atoms with van der Waals surface area (Å²) in [6, 6.07) is 7.29. The van der Waals surface area contributed by atoms with Gasteiger partial charge < -0.3 is 9.29 Å². The third kappa shape index (κ3) is 4.95. The quantitative estimate of drug-likeness (QED) is 0.601. The lowest BCUT2D eigenvalue weighted by Crippen LogP contribution is -1.97. The van der Waals surface area contributed by atoms with E-state index < -0.39 is 11.1 Å². The first-order valence-electron chi connectivity index (χ1n) is 5.01. The van der Waals surface area contributed by atoms with Gasteiger partial charge in [-0.1, -0.05) is 25.5 Å². The maximum atomic E-state index is 10.5. The molecule has 0 saturated heterocycles. The minimum atomic E-state index is -1.77. The average molecular weight is 228 g/mol. The van der Waals surface area contributed by atoms with Crippen LogP contribution in [0.2, 0.25) is 0 Å². The summed E-state index contributed by atoms with van der Waals surface area (Å²) in [7, 11) is 0. The molecule has 0 radical (unpaired) electrons. The summed E-state index contributed by atoms with van der Waals surface area (Å²) < 4.78 is 24.7. The van der Waals surface area contributed by atoms with Gasteiger partial charge in [0.15, 0.2) is 11.1 Å². The van der Waals surface area contributed by atoms with E-state index in [4.69, 9.17) is 9.29 Å². The Labute approximate surface area is 92.7 Å². The minimum absolute atomic E-state index is 0.176. The van der Waals surface area contributed by atoms with Crippen LogP contribution in [-0.2, 0) is 16.8 Å². The minimum Gasteiger partial charge on any atom is -0.494 e. The van der Waals surface area contributed by atoms with Crippen molar-refractivity contribution in [3.8, 4) is 5.75 Å². The molecule has 1 aromatic carbocycles. The Morgan fingerprint density at radius 1 is 1.33 bits per heavy atom. The summed E-state index contributed by atoms with van der Waals surface area (Å²) in [5.41, 5.74) is 0.846. The van der Waals surface area contributed by atoms with Crippen LogP contribution >= 0.6 is 0 Å². The van der Waals surface area contributed by atoms with Gasteiger partial charge in [-0.05, 0) is 24.1 Å². The molecule has 0 aliphatic rings. The second kappa shape index (κ2) is 6.58. The summed E-state index contributed by atoms with van der Waals surface area (Å²) in [6.45, 7) is 2.84. The molecule has 0 spiro atoms. The topological polar surface area (TPSA) is 46.5 Å². The Kier molecular flexibility index (Phi) is 5.36. The summed E-state index contributed by atoms with van der Waals surface area (Å²) in [5, 5.41) is 0. The zero-order valence-corrected chi connectivity index (χ0v) is 9.63. The lowest BCUT2D eigenvalue weighted by atomic mass is 10.2. The summed E-state index contributed by atoms with van der Waals surface area (Å²) in [6.07, 6.45) is 2.16. The molecular weight excluding hydrogens is 212 g/mol. The summed E-state index contributed by atoms with van der Waals surface area (Å²) in [5.74, 6) is 0.992. The van der Waals surface area contributed by atoms with E-state index in [1.165, 1.54) is 0 Å². The van der Waals surface area contributed by atoms with Gasteiger partial charge in [-0.3, -0.25) is 0 Å². The highest BCUT2D eigenvalue weighted by Crippen LogP contribution is 2.13. The number of rotatable bonds is 6. The van der Waals surface area contributed by atoms with E-state index in [0.29, 0.717) is 0 Å². The normalized spacial score (nSPS) is 12.4. The summed E-state index contributed by atoms with van der Waals surface area (Å²) >= 11 is -1.77. The van der Waals surface area contributed by atoms with Crippen LogP contribution in [0.5, 0.6) is 5.75 Å². The van der Waals surface area contributed by atoms with Crippen LogP contribution in [0.3, 0.4) is 0 Å². The highest BCUT2D eigenvalue weighted by Gasteiger charge is 1.98. The van der Waals surface area contributed by atoms with Gasteiger partial charge in [0.25, 0.3) is 0 Å². The van der Waals surface area contributed by atoms with Gasteiger partial charge in [-0.2, -0.15) is 0 Å². The molecule has 0 aliphatic carbocycles. The molecule has 0 aliphatic heterocycles. The van der Waals surface area contributed by atoms with E-state index in [1.54, 1.807) is 0 Å².